The van der Waals surface area contributed by atoms with Crippen molar-refractivity contribution < 1.29 is 13.5 Å². The zero-order valence-corrected chi connectivity index (χ0v) is 10.3. The van der Waals surface area contributed by atoms with Crippen LogP contribution in [0.15, 0.2) is 36.4 Å². The number of amidine groups is 1. The molecule has 0 radical (unpaired) electrons. The summed E-state index contributed by atoms with van der Waals surface area (Å²) >= 11 is 5.79. The zero-order valence-electron chi connectivity index (χ0n) is 9.58. The van der Waals surface area contributed by atoms with Gasteiger partial charge >= 0.3 is 0 Å². The molecule has 3 nitrogen and oxygen atoms in total. The molecule has 0 spiro atoms. The third-order valence-corrected chi connectivity index (χ3v) is 2.53. The largest absolute Gasteiger partial charge is 0.456 e. The minimum atomic E-state index is -0.756. The molecule has 3 N–H and O–H groups in total. The van der Waals surface area contributed by atoms with Gasteiger partial charge in [-0.3, -0.25) is 5.41 Å². The first-order chi connectivity index (χ1) is 8.95. The lowest BCUT2D eigenvalue weighted by molar-refractivity contribution is 0.467. The number of hydrogen-bond acceptors (Lipinski definition) is 2. The average Bonchev–Trinajstić information content (AvgIpc) is 2.30. The van der Waals surface area contributed by atoms with Gasteiger partial charge in [-0.25, -0.2) is 8.78 Å². The molecular formula is C13H9ClF2N2O. The highest BCUT2D eigenvalue weighted by molar-refractivity contribution is 6.31. The molecule has 0 amide bonds. The topological polar surface area (TPSA) is 59.1 Å². The highest BCUT2D eigenvalue weighted by atomic mass is 35.5. The van der Waals surface area contributed by atoms with Crippen LogP contribution in [0.4, 0.5) is 8.78 Å². The molecule has 0 heterocycles. The van der Waals surface area contributed by atoms with Gasteiger partial charge in [0.1, 0.15) is 29.0 Å². The first-order valence-electron chi connectivity index (χ1n) is 5.23. The molecule has 98 valence electrons. The van der Waals surface area contributed by atoms with Crippen LogP contribution in [0.5, 0.6) is 11.5 Å². The summed E-state index contributed by atoms with van der Waals surface area (Å²) in [5.41, 5.74) is 5.64. The van der Waals surface area contributed by atoms with E-state index in [9.17, 15) is 8.78 Å². The highest BCUT2D eigenvalue weighted by Gasteiger charge is 2.10. The summed E-state index contributed by atoms with van der Waals surface area (Å²) in [6, 6.07) is 7.24. The monoisotopic (exact) mass is 282 g/mol. The number of rotatable bonds is 3. The molecule has 0 aliphatic heterocycles. The van der Waals surface area contributed by atoms with Crippen LogP contribution in [0.2, 0.25) is 5.02 Å². The maximum Gasteiger partial charge on any atom is 0.138 e. The second-order valence-electron chi connectivity index (χ2n) is 3.76. The van der Waals surface area contributed by atoms with Crippen LogP contribution in [0, 0.1) is 17.0 Å². The van der Waals surface area contributed by atoms with Gasteiger partial charge < -0.3 is 10.5 Å². The maximum absolute atomic E-state index is 13.0. The third-order valence-electron chi connectivity index (χ3n) is 2.30. The van der Waals surface area contributed by atoms with E-state index >= 15 is 0 Å². The van der Waals surface area contributed by atoms with Crippen molar-refractivity contribution in [2.45, 2.75) is 0 Å². The molecule has 6 heteroatoms. The number of nitrogens with two attached hydrogens (primary N) is 1. The predicted molar refractivity (Wildman–Crippen MR) is 68.9 cm³/mol. The van der Waals surface area contributed by atoms with Crippen LogP contribution < -0.4 is 10.5 Å². The van der Waals surface area contributed by atoms with Crippen molar-refractivity contribution in [3.8, 4) is 11.5 Å². The number of halogens is 3. The van der Waals surface area contributed by atoms with Gasteiger partial charge in [-0.15, -0.1) is 0 Å². The van der Waals surface area contributed by atoms with E-state index in [1.165, 1.54) is 18.2 Å². The standard InChI is InChI=1S/C13H9ClF2N2O/c14-7-1-2-12(11(3-7)13(17)18)19-10-5-8(15)4-9(16)6-10/h1-6H,(H3,17,18). The average molecular weight is 283 g/mol. The molecule has 0 saturated heterocycles. The minimum Gasteiger partial charge on any atom is -0.456 e. The molecule has 19 heavy (non-hydrogen) atoms. The summed E-state index contributed by atoms with van der Waals surface area (Å²) in [4.78, 5) is 0. The Kier molecular flexibility index (Phi) is 3.66. The van der Waals surface area contributed by atoms with Crippen LogP contribution >= 0.6 is 11.6 Å². The number of nitrogen functional groups attached to an aromatic ring is 1. The first-order valence-corrected chi connectivity index (χ1v) is 5.61. The summed E-state index contributed by atoms with van der Waals surface area (Å²) in [6.07, 6.45) is 0. The Morgan fingerprint density at radius 2 is 1.74 bits per heavy atom. The summed E-state index contributed by atoms with van der Waals surface area (Å²) < 4.78 is 31.4. The second-order valence-corrected chi connectivity index (χ2v) is 4.20. The molecule has 2 aromatic carbocycles. The van der Waals surface area contributed by atoms with Crippen LogP contribution in [0.3, 0.4) is 0 Å². The van der Waals surface area contributed by atoms with Crippen molar-refractivity contribution in [2.75, 3.05) is 0 Å². The SMILES string of the molecule is N=C(N)c1cc(Cl)ccc1Oc1cc(F)cc(F)c1. The van der Waals surface area contributed by atoms with Crippen LogP contribution in [0.25, 0.3) is 0 Å². The van der Waals surface area contributed by atoms with E-state index < -0.39 is 11.6 Å². The van der Waals surface area contributed by atoms with Gasteiger partial charge in [-0.2, -0.15) is 0 Å². The fraction of sp³-hybridized carbons (Fsp3) is 0. The summed E-state index contributed by atoms with van der Waals surface area (Å²) in [6.45, 7) is 0. The summed E-state index contributed by atoms with van der Waals surface area (Å²) in [5.74, 6) is -1.60. The molecule has 0 bridgehead atoms. The van der Waals surface area contributed by atoms with Crippen molar-refractivity contribution in [3.05, 3.63) is 58.6 Å². The third kappa shape index (κ3) is 3.20. The van der Waals surface area contributed by atoms with E-state index in [4.69, 9.17) is 27.5 Å². The molecule has 2 rings (SSSR count). The lowest BCUT2D eigenvalue weighted by Crippen LogP contribution is -2.12. The van der Waals surface area contributed by atoms with Gasteiger partial charge in [-0.1, -0.05) is 11.6 Å². The Labute approximate surface area is 113 Å². The Hall–Kier alpha value is -2.14. The van der Waals surface area contributed by atoms with E-state index in [1.807, 2.05) is 0 Å². The van der Waals surface area contributed by atoms with Crippen molar-refractivity contribution in [3.63, 3.8) is 0 Å². The van der Waals surface area contributed by atoms with Gasteiger partial charge in [0.05, 0.1) is 5.56 Å². The van der Waals surface area contributed by atoms with Gasteiger partial charge in [-0.05, 0) is 18.2 Å². The molecule has 0 aliphatic carbocycles. The van der Waals surface area contributed by atoms with Gasteiger partial charge in [0.2, 0.25) is 0 Å². The van der Waals surface area contributed by atoms with E-state index in [1.54, 1.807) is 0 Å². The number of hydrogen-bond donors (Lipinski definition) is 2. The molecule has 0 unspecified atom stereocenters. The Balaban J connectivity index is 2.40. The normalized spacial score (nSPS) is 10.3. The smallest absolute Gasteiger partial charge is 0.138 e. The van der Waals surface area contributed by atoms with E-state index in [0.29, 0.717) is 5.02 Å². The lowest BCUT2D eigenvalue weighted by Gasteiger charge is -2.10. The molecule has 0 atom stereocenters. The van der Waals surface area contributed by atoms with E-state index in [0.717, 1.165) is 18.2 Å². The van der Waals surface area contributed by atoms with Crippen LogP contribution in [0.1, 0.15) is 5.56 Å². The molecule has 0 aromatic heterocycles. The number of benzene rings is 2. The van der Waals surface area contributed by atoms with Gasteiger partial charge in [0.15, 0.2) is 0 Å². The summed E-state index contributed by atoms with van der Waals surface area (Å²) in [7, 11) is 0. The minimum absolute atomic E-state index is 0.0256. The highest BCUT2D eigenvalue weighted by Crippen LogP contribution is 2.28. The number of ether oxygens (including phenoxy) is 1. The first kappa shape index (κ1) is 13.3. The van der Waals surface area contributed by atoms with Crippen molar-refractivity contribution in [1.82, 2.24) is 0 Å². The quantitative estimate of drug-likeness (QED) is 0.666. The van der Waals surface area contributed by atoms with E-state index in [2.05, 4.69) is 0 Å². The molecule has 0 saturated carbocycles. The Morgan fingerprint density at radius 1 is 1.11 bits per heavy atom. The molecule has 2 aromatic rings. The maximum atomic E-state index is 13.0. The Morgan fingerprint density at radius 3 is 2.32 bits per heavy atom. The lowest BCUT2D eigenvalue weighted by atomic mass is 10.2. The number of nitrogens with one attached hydrogen (secondary N) is 1. The van der Waals surface area contributed by atoms with Crippen LogP contribution in [-0.2, 0) is 0 Å². The molecule has 0 aliphatic rings. The van der Waals surface area contributed by atoms with Crippen molar-refractivity contribution >= 4 is 17.4 Å². The fourth-order valence-electron chi connectivity index (χ4n) is 1.52. The predicted octanol–water partition coefficient (Wildman–Crippen LogP) is 3.69. The second kappa shape index (κ2) is 5.24. The summed E-state index contributed by atoms with van der Waals surface area (Å²) in [5, 5.41) is 7.79. The van der Waals surface area contributed by atoms with Gasteiger partial charge in [0, 0.05) is 23.2 Å². The van der Waals surface area contributed by atoms with Crippen molar-refractivity contribution in [1.29, 1.82) is 5.41 Å². The Bertz CT molecular complexity index is 626. The van der Waals surface area contributed by atoms with Crippen LogP contribution in [-0.4, -0.2) is 5.84 Å². The fourth-order valence-corrected chi connectivity index (χ4v) is 1.69. The van der Waals surface area contributed by atoms with Gasteiger partial charge in [0.25, 0.3) is 0 Å². The van der Waals surface area contributed by atoms with E-state index in [-0.39, 0.29) is 22.9 Å². The molecular weight excluding hydrogens is 274 g/mol. The van der Waals surface area contributed by atoms with Crippen molar-refractivity contribution in [2.24, 2.45) is 5.73 Å². The zero-order chi connectivity index (χ0) is 14.0. The molecule has 0 fully saturated rings.